The molecule has 0 saturated carbocycles. The fourth-order valence-electron chi connectivity index (χ4n) is 3.93. The Hall–Kier alpha value is -2.65. The Labute approximate surface area is 189 Å². The normalized spacial score (nSPS) is 18.8. The predicted molar refractivity (Wildman–Crippen MR) is 119 cm³/mol. The van der Waals surface area contributed by atoms with E-state index in [-0.39, 0.29) is 17.9 Å². The molecule has 0 bridgehead atoms. The van der Waals surface area contributed by atoms with Crippen molar-refractivity contribution in [2.75, 3.05) is 38.1 Å². The van der Waals surface area contributed by atoms with Crippen molar-refractivity contribution < 1.29 is 23.1 Å². The molecule has 6 nitrogen and oxygen atoms in total. The quantitative estimate of drug-likeness (QED) is 0.653. The van der Waals surface area contributed by atoms with Crippen LogP contribution in [0.1, 0.15) is 23.2 Å². The van der Waals surface area contributed by atoms with Crippen LogP contribution in [0.2, 0.25) is 0 Å². The molecule has 0 spiro atoms. The van der Waals surface area contributed by atoms with Crippen LogP contribution in [0.3, 0.4) is 0 Å². The Balaban J connectivity index is 1.39. The smallest absolute Gasteiger partial charge is 0.288 e. The zero-order valence-corrected chi connectivity index (χ0v) is 18.3. The molecule has 2 aromatic rings. The number of nitrogens with one attached hydrogen (secondary N) is 1. The van der Waals surface area contributed by atoms with Gasteiger partial charge in [0.05, 0.1) is 11.3 Å². The van der Waals surface area contributed by atoms with Gasteiger partial charge in [-0.1, -0.05) is 23.9 Å². The van der Waals surface area contributed by atoms with Crippen LogP contribution in [0.5, 0.6) is 0 Å². The molecular weight excluding hydrogens is 436 g/mol. The Bertz CT molecular complexity index is 944. The van der Waals surface area contributed by atoms with E-state index in [4.69, 9.17) is 4.74 Å². The third-order valence-corrected chi connectivity index (χ3v) is 6.32. The number of halogens is 2. The number of piperazine rings is 1. The van der Waals surface area contributed by atoms with E-state index < -0.39 is 5.76 Å². The van der Waals surface area contributed by atoms with Crippen molar-refractivity contribution in [1.29, 1.82) is 0 Å². The molecule has 32 heavy (non-hydrogen) atoms. The van der Waals surface area contributed by atoms with Crippen LogP contribution in [0.15, 0.2) is 53.4 Å². The standard InChI is InChI=1S/C23H25F2N3O3S/c24-23(25)32-17-9-7-16(8-10-17)26-19-5-2-1-4-18(19)21(29)27-11-13-28(14-12-27)22(30)20-6-3-15-31-20/h1-2,4-5,7-10,20,23,26H,3,6,11-15H2. The van der Waals surface area contributed by atoms with Gasteiger partial charge in [0, 0.05) is 43.4 Å². The number of hydrogen-bond donors (Lipinski definition) is 1. The van der Waals surface area contributed by atoms with Crippen LogP contribution in [0.4, 0.5) is 20.2 Å². The lowest BCUT2D eigenvalue weighted by atomic mass is 10.1. The molecule has 0 radical (unpaired) electrons. The van der Waals surface area contributed by atoms with Gasteiger partial charge in [0.1, 0.15) is 6.10 Å². The lowest BCUT2D eigenvalue weighted by molar-refractivity contribution is -0.142. The Morgan fingerprint density at radius 3 is 2.34 bits per heavy atom. The zero-order chi connectivity index (χ0) is 22.5. The molecule has 4 rings (SSSR count). The largest absolute Gasteiger partial charge is 0.368 e. The highest BCUT2D eigenvalue weighted by atomic mass is 32.2. The number of carbonyl (C=O) groups excluding carboxylic acids is 2. The first-order valence-corrected chi connectivity index (χ1v) is 11.5. The van der Waals surface area contributed by atoms with Gasteiger partial charge in [-0.05, 0) is 49.2 Å². The summed E-state index contributed by atoms with van der Waals surface area (Å²) in [6.45, 7) is 2.54. The average Bonchev–Trinajstić information content (AvgIpc) is 3.35. The summed E-state index contributed by atoms with van der Waals surface area (Å²) in [6.07, 6.45) is 1.33. The third-order valence-electron chi connectivity index (χ3n) is 5.60. The first kappa shape index (κ1) is 22.5. The van der Waals surface area contributed by atoms with E-state index in [1.807, 2.05) is 12.1 Å². The van der Waals surface area contributed by atoms with E-state index in [1.165, 1.54) is 0 Å². The molecule has 0 aliphatic carbocycles. The molecule has 2 aliphatic rings. The molecule has 1 N–H and O–H groups in total. The number of hydrogen-bond acceptors (Lipinski definition) is 5. The van der Waals surface area contributed by atoms with Crippen LogP contribution in [0.25, 0.3) is 0 Å². The van der Waals surface area contributed by atoms with Gasteiger partial charge in [0.2, 0.25) is 0 Å². The molecule has 2 fully saturated rings. The minimum absolute atomic E-state index is 0.0186. The summed E-state index contributed by atoms with van der Waals surface area (Å²) < 4.78 is 30.5. The maximum Gasteiger partial charge on any atom is 0.288 e. The maximum absolute atomic E-state index is 13.2. The van der Waals surface area contributed by atoms with E-state index in [0.29, 0.717) is 66.4 Å². The van der Waals surface area contributed by atoms with Gasteiger partial charge in [0.15, 0.2) is 0 Å². The number of ether oxygens (including phenoxy) is 1. The second kappa shape index (κ2) is 10.3. The third kappa shape index (κ3) is 5.39. The van der Waals surface area contributed by atoms with Gasteiger partial charge in [-0.2, -0.15) is 8.78 Å². The monoisotopic (exact) mass is 461 g/mol. The number of para-hydroxylation sites is 1. The summed E-state index contributed by atoms with van der Waals surface area (Å²) >= 11 is 0.493. The molecule has 0 aromatic heterocycles. The maximum atomic E-state index is 13.2. The van der Waals surface area contributed by atoms with E-state index in [1.54, 1.807) is 46.2 Å². The van der Waals surface area contributed by atoms with Crippen molar-refractivity contribution in [3.63, 3.8) is 0 Å². The van der Waals surface area contributed by atoms with Crippen molar-refractivity contribution in [3.8, 4) is 0 Å². The minimum Gasteiger partial charge on any atom is -0.368 e. The highest BCUT2D eigenvalue weighted by Gasteiger charge is 2.31. The molecular formula is C23H25F2N3O3S. The second-order valence-corrected chi connectivity index (χ2v) is 8.76. The van der Waals surface area contributed by atoms with Crippen LogP contribution >= 0.6 is 11.8 Å². The van der Waals surface area contributed by atoms with Gasteiger partial charge >= 0.3 is 0 Å². The number of alkyl halides is 2. The SMILES string of the molecule is O=C(c1ccccc1Nc1ccc(SC(F)F)cc1)N1CCN(C(=O)C2CCCO2)CC1. The summed E-state index contributed by atoms with van der Waals surface area (Å²) in [5.41, 5.74) is 1.87. The second-order valence-electron chi connectivity index (χ2n) is 7.69. The fraction of sp³-hybridized carbons (Fsp3) is 0.391. The van der Waals surface area contributed by atoms with E-state index in [2.05, 4.69) is 5.32 Å². The average molecular weight is 462 g/mol. The highest BCUT2D eigenvalue weighted by Crippen LogP contribution is 2.28. The molecule has 1 unspecified atom stereocenters. The summed E-state index contributed by atoms with van der Waals surface area (Å²) in [7, 11) is 0. The van der Waals surface area contributed by atoms with E-state index >= 15 is 0 Å². The van der Waals surface area contributed by atoms with E-state index in [9.17, 15) is 18.4 Å². The van der Waals surface area contributed by atoms with Crippen LogP contribution < -0.4 is 5.32 Å². The highest BCUT2D eigenvalue weighted by molar-refractivity contribution is 7.99. The Kier molecular flexibility index (Phi) is 7.26. The topological polar surface area (TPSA) is 61.9 Å². The molecule has 2 aliphatic heterocycles. The molecule has 2 saturated heterocycles. The Morgan fingerprint density at radius 2 is 1.69 bits per heavy atom. The van der Waals surface area contributed by atoms with Crippen molar-refractivity contribution in [2.45, 2.75) is 29.6 Å². The van der Waals surface area contributed by atoms with Crippen LogP contribution in [-0.4, -0.2) is 66.3 Å². The Morgan fingerprint density at radius 1 is 1.00 bits per heavy atom. The first-order chi connectivity index (χ1) is 15.5. The minimum atomic E-state index is -2.46. The fourth-order valence-corrected chi connectivity index (χ4v) is 4.43. The van der Waals surface area contributed by atoms with Crippen molar-refractivity contribution >= 4 is 35.0 Å². The van der Waals surface area contributed by atoms with Gasteiger partial charge < -0.3 is 19.9 Å². The summed E-state index contributed by atoms with van der Waals surface area (Å²) in [5.74, 6) is -2.55. The summed E-state index contributed by atoms with van der Waals surface area (Å²) in [6, 6.07) is 13.9. The van der Waals surface area contributed by atoms with Crippen molar-refractivity contribution in [3.05, 3.63) is 54.1 Å². The lowest BCUT2D eigenvalue weighted by Gasteiger charge is -2.36. The number of carbonyl (C=O) groups is 2. The first-order valence-electron chi connectivity index (χ1n) is 10.6. The molecule has 9 heteroatoms. The number of anilines is 2. The number of thioether (sulfide) groups is 1. The number of amides is 2. The molecule has 170 valence electrons. The molecule has 2 heterocycles. The van der Waals surface area contributed by atoms with Crippen LogP contribution in [-0.2, 0) is 9.53 Å². The van der Waals surface area contributed by atoms with E-state index in [0.717, 1.165) is 12.8 Å². The van der Waals surface area contributed by atoms with Gasteiger partial charge in [-0.25, -0.2) is 0 Å². The molecule has 2 amide bonds. The van der Waals surface area contributed by atoms with Gasteiger partial charge in [0.25, 0.3) is 17.6 Å². The molecule has 1 atom stereocenters. The van der Waals surface area contributed by atoms with Crippen molar-refractivity contribution in [2.24, 2.45) is 0 Å². The number of benzene rings is 2. The number of nitrogens with zero attached hydrogens (tertiary/aromatic N) is 2. The van der Waals surface area contributed by atoms with Crippen LogP contribution in [0, 0.1) is 0 Å². The molecule has 2 aromatic carbocycles. The van der Waals surface area contributed by atoms with Gasteiger partial charge in [-0.3, -0.25) is 9.59 Å². The summed E-state index contributed by atoms with van der Waals surface area (Å²) in [5, 5.41) is 3.21. The summed E-state index contributed by atoms with van der Waals surface area (Å²) in [4.78, 5) is 29.7. The zero-order valence-electron chi connectivity index (χ0n) is 17.5. The van der Waals surface area contributed by atoms with Crippen molar-refractivity contribution in [1.82, 2.24) is 9.80 Å². The lowest BCUT2D eigenvalue weighted by Crippen LogP contribution is -2.52. The predicted octanol–water partition coefficient (Wildman–Crippen LogP) is 4.21. The van der Waals surface area contributed by atoms with Gasteiger partial charge in [-0.15, -0.1) is 0 Å². The number of rotatable bonds is 6.